The molecule has 0 amide bonds. The van der Waals surface area contributed by atoms with Gasteiger partial charge in [-0.1, -0.05) is 42.5 Å². The second kappa shape index (κ2) is 7.37. The number of carbonyl (C=O) groups is 1. The standard InChI is InChI=1S/C19H18N4O/c1-14(24)16-8-5-9-17(12-16)22-19-20-11-10-18(23-19)21-13-15-6-3-2-4-7-15/h2-12H,13H2,1H3,(H2,20,21,22,23). The Hall–Kier alpha value is -3.21. The lowest BCUT2D eigenvalue weighted by Crippen LogP contribution is -2.04. The lowest BCUT2D eigenvalue weighted by Gasteiger charge is -2.09. The van der Waals surface area contributed by atoms with Crippen molar-refractivity contribution in [1.82, 2.24) is 9.97 Å². The van der Waals surface area contributed by atoms with Gasteiger partial charge in [0.25, 0.3) is 0 Å². The van der Waals surface area contributed by atoms with Crippen LogP contribution in [0.25, 0.3) is 0 Å². The molecule has 0 radical (unpaired) electrons. The minimum atomic E-state index is 0.0258. The van der Waals surface area contributed by atoms with Crippen molar-refractivity contribution < 1.29 is 4.79 Å². The first-order valence-electron chi connectivity index (χ1n) is 7.69. The second-order valence-electron chi connectivity index (χ2n) is 5.37. The average Bonchev–Trinajstić information content (AvgIpc) is 2.61. The van der Waals surface area contributed by atoms with Gasteiger partial charge in [0, 0.05) is 24.0 Å². The van der Waals surface area contributed by atoms with Gasteiger partial charge in [0.1, 0.15) is 5.82 Å². The highest BCUT2D eigenvalue weighted by atomic mass is 16.1. The number of carbonyl (C=O) groups excluding carboxylic acids is 1. The van der Waals surface area contributed by atoms with Crippen LogP contribution in [0.5, 0.6) is 0 Å². The zero-order valence-electron chi connectivity index (χ0n) is 13.4. The molecule has 0 aliphatic heterocycles. The van der Waals surface area contributed by atoms with Crippen molar-refractivity contribution in [3.63, 3.8) is 0 Å². The maximum Gasteiger partial charge on any atom is 0.229 e. The Morgan fingerprint density at radius 3 is 2.67 bits per heavy atom. The van der Waals surface area contributed by atoms with Crippen molar-refractivity contribution in [3.05, 3.63) is 78.0 Å². The highest BCUT2D eigenvalue weighted by molar-refractivity contribution is 5.95. The first-order chi connectivity index (χ1) is 11.7. The normalized spacial score (nSPS) is 10.2. The number of aromatic nitrogens is 2. The van der Waals surface area contributed by atoms with Crippen LogP contribution in [0.15, 0.2) is 66.9 Å². The summed E-state index contributed by atoms with van der Waals surface area (Å²) in [5.41, 5.74) is 2.61. The van der Waals surface area contributed by atoms with E-state index in [4.69, 9.17) is 0 Å². The van der Waals surface area contributed by atoms with Gasteiger partial charge in [0.15, 0.2) is 5.78 Å². The molecule has 0 saturated heterocycles. The Bertz CT molecular complexity index is 834. The van der Waals surface area contributed by atoms with Crippen LogP contribution in [0, 0.1) is 0 Å². The SMILES string of the molecule is CC(=O)c1cccc(Nc2nccc(NCc3ccccc3)n2)c1. The van der Waals surface area contributed by atoms with Crippen molar-refractivity contribution in [2.45, 2.75) is 13.5 Å². The number of hydrogen-bond donors (Lipinski definition) is 2. The number of anilines is 3. The molecular weight excluding hydrogens is 300 g/mol. The van der Waals surface area contributed by atoms with E-state index in [0.29, 0.717) is 18.1 Å². The highest BCUT2D eigenvalue weighted by Crippen LogP contribution is 2.16. The van der Waals surface area contributed by atoms with Gasteiger partial charge in [0.05, 0.1) is 0 Å². The first kappa shape index (κ1) is 15.7. The van der Waals surface area contributed by atoms with E-state index in [-0.39, 0.29) is 5.78 Å². The van der Waals surface area contributed by atoms with Crippen LogP contribution in [0.1, 0.15) is 22.8 Å². The van der Waals surface area contributed by atoms with Crippen molar-refractivity contribution in [2.24, 2.45) is 0 Å². The molecule has 24 heavy (non-hydrogen) atoms. The third-order valence-electron chi connectivity index (χ3n) is 3.50. The van der Waals surface area contributed by atoms with Gasteiger partial charge in [-0.15, -0.1) is 0 Å². The average molecular weight is 318 g/mol. The molecular formula is C19H18N4O. The van der Waals surface area contributed by atoms with Crippen LogP contribution in [-0.2, 0) is 6.54 Å². The molecule has 2 N–H and O–H groups in total. The van der Waals surface area contributed by atoms with Gasteiger partial charge < -0.3 is 10.6 Å². The minimum Gasteiger partial charge on any atom is -0.366 e. The van der Waals surface area contributed by atoms with E-state index in [2.05, 4.69) is 32.7 Å². The molecule has 3 rings (SSSR count). The van der Waals surface area contributed by atoms with Crippen LogP contribution in [0.4, 0.5) is 17.5 Å². The Kier molecular flexibility index (Phi) is 4.81. The number of hydrogen-bond acceptors (Lipinski definition) is 5. The van der Waals surface area contributed by atoms with Gasteiger partial charge in [0.2, 0.25) is 5.95 Å². The summed E-state index contributed by atoms with van der Waals surface area (Å²) in [6, 6.07) is 19.2. The summed E-state index contributed by atoms with van der Waals surface area (Å²) in [7, 11) is 0. The second-order valence-corrected chi connectivity index (χ2v) is 5.37. The van der Waals surface area contributed by atoms with Crippen molar-refractivity contribution in [2.75, 3.05) is 10.6 Å². The molecule has 0 atom stereocenters. The number of benzene rings is 2. The Labute approximate surface area is 140 Å². The number of nitrogens with zero attached hydrogens (tertiary/aromatic N) is 2. The molecule has 0 spiro atoms. The van der Waals surface area contributed by atoms with E-state index in [1.54, 1.807) is 25.3 Å². The molecule has 1 aromatic heterocycles. The summed E-state index contributed by atoms with van der Waals surface area (Å²) in [5.74, 6) is 1.24. The maximum atomic E-state index is 11.5. The van der Waals surface area contributed by atoms with Gasteiger partial charge >= 0.3 is 0 Å². The van der Waals surface area contributed by atoms with Crippen LogP contribution >= 0.6 is 0 Å². The number of ketones is 1. The topological polar surface area (TPSA) is 66.9 Å². The zero-order chi connectivity index (χ0) is 16.8. The fraction of sp³-hybridized carbons (Fsp3) is 0.105. The predicted octanol–water partition coefficient (Wildman–Crippen LogP) is 4.03. The summed E-state index contributed by atoms with van der Waals surface area (Å²) in [6.45, 7) is 2.24. The molecule has 0 aliphatic rings. The molecule has 0 saturated carbocycles. The summed E-state index contributed by atoms with van der Waals surface area (Å²) in [4.78, 5) is 20.1. The molecule has 2 aromatic carbocycles. The third-order valence-corrected chi connectivity index (χ3v) is 3.50. The molecule has 1 heterocycles. The van der Waals surface area contributed by atoms with E-state index in [1.807, 2.05) is 36.4 Å². The van der Waals surface area contributed by atoms with Gasteiger partial charge in [-0.25, -0.2) is 4.98 Å². The van der Waals surface area contributed by atoms with Crippen LogP contribution in [0.2, 0.25) is 0 Å². The van der Waals surface area contributed by atoms with Gasteiger partial charge in [-0.3, -0.25) is 4.79 Å². The van der Waals surface area contributed by atoms with Gasteiger partial charge in [-0.05, 0) is 30.7 Å². The molecule has 0 aliphatic carbocycles. The monoisotopic (exact) mass is 318 g/mol. The van der Waals surface area contributed by atoms with E-state index in [1.165, 1.54) is 5.56 Å². The van der Waals surface area contributed by atoms with Crippen LogP contribution in [0.3, 0.4) is 0 Å². The zero-order valence-corrected chi connectivity index (χ0v) is 13.4. The molecule has 5 nitrogen and oxygen atoms in total. The fourth-order valence-corrected chi connectivity index (χ4v) is 2.25. The van der Waals surface area contributed by atoms with Crippen LogP contribution in [-0.4, -0.2) is 15.8 Å². The Morgan fingerprint density at radius 2 is 1.88 bits per heavy atom. The Balaban J connectivity index is 1.69. The number of nitrogens with one attached hydrogen (secondary N) is 2. The van der Waals surface area contributed by atoms with Gasteiger partial charge in [-0.2, -0.15) is 4.98 Å². The summed E-state index contributed by atoms with van der Waals surface area (Å²) >= 11 is 0. The quantitative estimate of drug-likeness (QED) is 0.672. The highest BCUT2D eigenvalue weighted by Gasteiger charge is 2.03. The fourth-order valence-electron chi connectivity index (χ4n) is 2.25. The van der Waals surface area contributed by atoms with E-state index in [0.717, 1.165) is 11.5 Å². The molecule has 120 valence electrons. The lowest BCUT2D eigenvalue weighted by molar-refractivity contribution is 0.101. The van der Waals surface area contributed by atoms with Crippen molar-refractivity contribution in [1.29, 1.82) is 0 Å². The molecule has 5 heteroatoms. The predicted molar refractivity (Wildman–Crippen MR) is 95.5 cm³/mol. The summed E-state index contributed by atoms with van der Waals surface area (Å²) in [6.07, 6.45) is 1.69. The first-order valence-corrected chi connectivity index (χ1v) is 7.69. The molecule has 0 bridgehead atoms. The van der Waals surface area contributed by atoms with Crippen LogP contribution < -0.4 is 10.6 Å². The molecule has 0 fully saturated rings. The van der Waals surface area contributed by atoms with E-state index < -0.39 is 0 Å². The lowest BCUT2D eigenvalue weighted by atomic mass is 10.1. The largest absolute Gasteiger partial charge is 0.366 e. The maximum absolute atomic E-state index is 11.5. The summed E-state index contributed by atoms with van der Waals surface area (Å²) in [5, 5.41) is 6.39. The van der Waals surface area contributed by atoms with Crippen molar-refractivity contribution >= 4 is 23.2 Å². The molecule has 0 unspecified atom stereocenters. The van der Waals surface area contributed by atoms with E-state index >= 15 is 0 Å². The van der Waals surface area contributed by atoms with E-state index in [9.17, 15) is 4.79 Å². The van der Waals surface area contributed by atoms with Crippen molar-refractivity contribution in [3.8, 4) is 0 Å². The minimum absolute atomic E-state index is 0.0258. The summed E-state index contributed by atoms with van der Waals surface area (Å²) < 4.78 is 0. The molecule has 3 aromatic rings. The number of Topliss-reactive ketones (excluding diaryl/α,β-unsaturated/α-hetero) is 1. The Morgan fingerprint density at radius 1 is 1.04 bits per heavy atom. The third kappa shape index (κ3) is 4.16. The number of rotatable bonds is 6. The smallest absolute Gasteiger partial charge is 0.229 e.